The lowest BCUT2D eigenvalue weighted by Gasteiger charge is -2.33. The minimum atomic E-state index is -1.62. The molecule has 1 aromatic rings. The van der Waals surface area contributed by atoms with Crippen LogP contribution in [0.2, 0.25) is 0 Å². The van der Waals surface area contributed by atoms with Crippen molar-refractivity contribution in [1.29, 1.82) is 0 Å². The molecule has 0 spiro atoms. The van der Waals surface area contributed by atoms with Gasteiger partial charge in [0.2, 0.25) is 41.4 Å². The third kappa shape index (κ3) is 10.9. The van der Waals surface area contributed by atoms with E-state index in [4.69, 9.17) is 0 Å². The van der Waals surface area contributed by atoms with E-state index >= 15 is 0 Å². The number of hydrogen-bond donors (Lipinski definition) is 7. The first-order valence-corrected chi connectivity index (χ1v) is 19.1. The summed E-state index contributed by atoms with van der Waals surface area (Å²) in [5.41, 5.74) is 0.522. The number of aliphatic carboxylic acids is 1. The summed E-state index contributed by atoms with van der Waals surface area (Å²) >= 11 is 0. The zero-order valence-electron chi connectivity index (χ0n) is 32.1. The molecule has 4 rings (SSSR count). The molecule has 0 aromatic heterocycles. The molecule has 302 valence electrons. The van der Waals surface area contributed by atoms with Crippen LogP contribution in [0.4, 0.5) is 0 Å². The second-order valence-corrected chi connectivity index (χ2v) is 15.3. The van der Waals surface area contributed by atoms with E-state index in [1.165, 1.54) is 28.9 Å². The molecular formula is C38H55N7O10. The van der Waals surface area contributed by atoms with Crippen molar-refractivity contribution in [3.8, 4) is 5.75 Å². The lowest BCUT2D eigenvalue weighted by Crippen LogP contribution is -2.60. The van der Waals surface area contributed by atoms with Crippen molar-refractivity contribution in [2.75, 3.05) is 13.1 Å². The summed E-state index contributed by atoms with van der Waals surface area (Å²) in [7, 11) is 0. The zero-order valence-corrected chi connectivity index (χ0v) is 32.1. The molecule has 7 amide bonds. The van der Waals surface area contributed by atoms with Gasteiger partial charge in [-0.15, -0.1) is 0 Å². The van der Waals surface area contributed by atoms with Gasteiger partial charge in [-0.1, -0.05) is 46.2 Å². The molecule has 3 saturated heterocycles. The van der Waals surface area contributed by atoms with E-state index in [0.29, 0.717) is 24.8 Å². The Balaban J connectivity index is 1.77. The first-order chi connectivity index (χ1) is 26.0. The van der Waals surface area contributed by atoms with Crippen molar-refractivity contribution < 1.29 is 48.6 Å². The second-order valence-electron chi connectivity index (χ2n) is 15.3. The molecule has 0 radical (unpaired) electrons. The van der Waals surface area contributed by atoms with Gasteiger partial charge < -0.3 is 46.6 Å². The molecule has 3 aliphatic heterocycles. The van der Waals surface area contributed by atoms with Gasteiger partial charge in [0.25, 0.3) is 0 Å². The number of nitrogens with zero attached hydrogens (tertiary/aromatic N) is 2. The number of carbonyl (C=O) groups excluding carboxylic acids is 7. The summed E-state index contributed by atoms with van der Waals surface area (Å²) < 4.78 is 0. The van der Waals surface area contributed by atoms with Gasteiger partial charge in [-0.25, -0.2) is 0 Å². The number of aromatic hydroxyl groups is 1. The number of phenols is 1. The predicted octanol–water partition coefficient (Wildman–Crippen LogP) is -0.0589. The molecule has 1 aromatic carbocycles. The van der Waals surface area contributed by atoms with E-state index in [0.717, 1.165) is 0 Å². The van der Waals surface area contributed by atoms with E-state index in [9.17, 15) is 48.6 Å². The molecule has 3 heterocycles. The predicted molar refractivity (Wildman–Crippen MR) is 198 cm³/mol. The van der Waals surface area contributed by atoms with Crippen LogP contribution >= 0.6 is 0 Å². The number of amides is 7. The molecule has 0 saturated carbocycles. The van der Waals surface area contributed by atoms with E-state index in [1.54, 1.807) is 19.1 Å². The Labute approximate surface area is 320 Å². The highest BCUT2D eigenvalue weighted by Gasteiger charge is 2.43. The maximum absolute atomic E-state index is 14.2. The fraction of sp³-hybridized carbons (Fsp3) is 0.632. The van der Waals surface area contributed by atoms with Crippen molar-refractivity contribution in [2.24, 2.45) is 11.8 Å². The molecule has 7 N–H and O–H groups in total. The van der Waals surface area contributed by atoms with Crippen LogP contribution in [0.3, 0.4) is 0 Å². The Morgan fingerprint density at radius 2 is 1.25 bits per heavy atom. The van der Waals surface area contributed by atoms with Gasteiger partial charge in [-0.3, -0.25) is 38.4 Å². The highest BCUT2D eigenvalue weighted by Crippen LogP contribution is 2.24. The van der Waals surface area contributed by atoms with E-state index in [2.05, 4.69) is 26.6 Å². The number of hydrogen-bond acceptors (Lipinski definition) is 9. The van der Waals surface area contributed by atoms with E-state index < -0.39 is 96.0 Å². The first kappa shape index (κ1) is 42.5. The SMILES string of the molecule is CC[C@@H](C)[C@@H]1NC(=O)[C@H](C)NC(=O)[C@H](CC(C)C)NC(=O)[C@@H]2CCCN2C(=O)[C@H](CC(=O)O)NC(=O)[C@H](Cc2ccc(O)cc2)NC(=O)[C@@H]2CCCN2C1=O. The number of nitrogens with one attached hydrogen (secondary N) is 5. The summed E-state index contributed by atoms with van der Waals surface area (Å²) in [6.45, 7) is 9.07. The fourth-order valence-corrected chi connectivity index (χ4v) is 7.29. The van der Waals surface area contributed by atoms with Crippen LogP contribution < -0.4 is 26.6 Å². The van der Waals surface area contributed by atoms with Crippen molar-refractivity contribution >= 4 is 47.3 Å². The maximum Gasteiger partial charge on any atom is 0.305 e. The summed E-state index contributed by atoms with van der Waals surface area (Å²) in [6, 6.07) is -2.48. The number of carbonyl (C=O) groups is 8. The van der Waals surface area contributed by atoms with Gasteiger partial charge >= 0.3 is 5.97 Å². The molecule has 8 atom stereocenters. The van der Waals surface area contributed by atoms with Crippen molar-refractivity contribution in [3.05, 3.63) is 29.8 Å². The fourth-order valence-electron chi connectivity index (χ4n) is 7.29. The number of carboxylic acid groups (broad SMARTS) is 1. The molecule has 3 fully saturated rings. The van der Waals surface area contributed by atoms with Gasteiger partial charge in [0.05, 0.1) is 6.42 Å². The van der Waals surface area contributed by atoms with Crippen LogP contribution in [0.15, 0.2) is 24.3 Å². The van der Waals surface area contributed by atoms with Gasteiger partial charge in [0.15, 0.2) is 0 Å². The molecule has 17 heteroatoms. The van der Waals surface area contributed by atoms with Crippen LogP contribution in [0, 0.1) is 11.8 Å². The minimum Gasteiger partial charge on any atom is -0.508 e. The van der Waals surface area contributed by atoms with E-state index in [1.807, 2.05) is 20.8 Å². The first-order valence-electron chi connectivity index (χ1n) is 19.1. The number of carboxylic acids is 1. The summed E-state index contributed by atoms with van der Waals surface area (Å²) in [5.74, 6) is -6.71. The Bertz CT molecular complexity index is 1620. The molecule has 0 unspecified atom stereocenters. The number of phenolic OH excluding ortho intramolecular Hbond substituents is 1. The summed E-state index contributed by atoms with van der Waals surface area (Å²) in [6.07, 6.45) is 1.06. The van der Waals surface area contributed by atoms with Crippen molar-refractivity contribution in [1.82, 2.24) is 36.4 Å². The molecule has 3 aliphatic rings. The van der Waals surface area contributed by atoms with Crippen LogP contribution in [0.25, 0.3) is 0 Å². The van der Waals surface area contributed by atoms with Gasteiger partial charge in [-0.05, 0) is 68.6 Å². The third-order valence-electron chi connectivity index (χ3n) is 10.5. The normalized spacial score (nSPS) is 28.3. The maximum atomic E-state index is 14.2. The monoisotopic (exact) mass is 769 g/mol. The topological polar surface area (TPSA) is 244 Å². The smallest absolute Gasteiger partial charge is 0.305 e. The minimum absolute atomic E-state index is 0.0337. The van der Waals surface area contributed by atoms with Crippen LogP contribution in [0.1, 0.15) is 85.1 Å². The Morgan fingerprint density at radius 3 is 1.80 bits per heavy atom. The van der Waals surface area contributed by atoms with Gasteiger partial charge in [0, 0.05) is 19.5 Å². The average molecular weight is 770 g/mol. The lowest BCUT2D eigenvalue weighted by atomic mass is 9.96. The second kappa shape index (κ2) is 18.9. The largest absolute Gasteiger partial charge is 0.508 e. The van der Waals surface area contributed by atoms with Gasteiger partial charge in [0.1, 0.15) is 48.0 Å². The molecule has 55 heavy (non-hydrogen) atoms. The number of fused-ring (bicyclic) bond motifs is 2. The molecule has 0 aliphatic carbocycles. The standard InChI is InChI=1S/C38H55N7O10/c1-6-21(4)31-38(55)45-16-8-10-29(45)36(53)41-26(18-23-11-13-24(46)14-12-23)34(51)42-27(19-30(47)48)37(54)44-15-7-9-28(44)35(52)40-25(17-20(2)3)33(50)39-22(5)32(49)43-31/h11-14,20-22,25-29,31,46H,6-10,15-19H2,1-5H3,(H,39,50)(H,40,52)(H,41,53)(H,42,51)(H,43,49)(H,47,48)/t21-,22+,25+,26+,27+,28+,29+,31+/m1/s1. The summed E-state index contributed by atoms with van der Waals surface area (Å²) in [5, 5.41) is 33.0. The van der Waals surface area contributed by atoms with Crippen LogP contribution in [-0.4, -0.2) is 123 Å². The quantitative estimate of drug-likeness (QED) is 0.186. The average Bonchev–Trinajstić information content (AvgIpc) is 3.83. The zero-order chi connectivity index (χ0) is 40.6. The Kier molecular flexibility index (Phi) is 14.6. The van der Waals surface area contributed by atoms with Crippen LogP contribution in [-0.2, 0) is 44.8 Å². The van der Waals surface area contributed by atoms with Crippen molar-refractivity contribution in [2.45, 2.75) is 128 Å². The number of benzene rings is 1. The highest BCUT2D eigenvalue weighted by atomic mass is 16.4. The molecule has 17 nitrogen and oxygen atoms in total. The Hall–Kier alpha value is -5.22. The van der Waals surface area contributed by atoms with Crippen molar-refractivity contribution in [3.63, 3.8) is 0 Å². The third-order valence-corrected chi connectivity index (χ3v) is 10.5. The molecular weight excluding hydrogens is 714 g/mol. The van der Waals surface area contributed by atoms with E-state index in [-0.39, 0.29) is 56.4 Å². The Morgan fingerprint density at radius 1 is 0.727 bits per heavy atom. The van der Waals surface area contributed by atoms with Gasteiger partial charge in [-0.2, -0.15) is 0 Å². The lowest BCUT2D eigenvalue weighted by molar-refractivity contribution is -0.146. The summed E-state index contributed by atoms with van der Waals surface area (Å²) in [4.78, 5) is 112. The highest BCUT2D eigenvalue weighted by molar-refractivity contribution is 5.99. The van der Waals surface area contributed by atoms with Crippen LogP contribution in [0.5, 0.6) is 5.75 Å². The molecule has 0 bridgehead atoms. The number of rotatable bonds is 8.